The summed E-state index contributed by atoms with van der Waals surface area (Å²) in [5.74, 6) is 1.21. The Morgan fingerprint density at radius 1 is 1.32 bits per heavy atom. The van der Waals surface area contributed by atoms with E-state index in [1.54, 1.807) is 18.5 Å². The molecule has 3 nitrogen and oxygen atoms in total. The summed E-state index contributed by atoms with van der Waals surface area (Å²) in [7, 11) is 0. The van der Waals surface area contributed by atoms with Gasteiger partial charge < -0.3 is 4.74 Å². The van der Waals surface area contributed by atoms with Crippen LogP contribution in [-0.2, 0) is 9.53 Å². The highest BCUT2D eigenvalue weighted by molar-refractivity contribution is 5.90. The molecule has 2 saturated carbocycles. The molecule has 1 aromatic heterocycles. The van der Waals surface area contributed by atoms with Gasteiger partial charge in [0.15, 0.2) is 0 Å². The average molecular weight is 257 g/mol. The lowest BCUT2D eigenvalue weighted by Crippen LogP contribution is -2.23. The number of fused-ring (bicyclic) bond motifs is 2. The van der Waals surface area contributed by atoms with Crippen molar-refractivity contribution in [3.8, 4) is 0 Å². The van der Waals surface area contributed by atoms with Crippen LogP contribution >= 0.6 is 0 Å². The van der Waals surface area contributed by atoms with Crippen molar-refractivity contribution in [2.24, 2.45) is 11.8 Å². The van der Waals surface area contributed by atoms with Crippen molar-refractivity contribution in [1.29, 1.82) is 0 Å². The minimum Gasteiger partial charge on any atom is -0.459 e. The SMILES string of the molecule is C/C(=C\C(=O)OC1CC2CCC1C2)c1ccncc1. The number of ether oxygens (including phenoxy) is 1. The molecule has 0 aromatic carbocycles. The van der Waals surface area contributed by atoms with Gasteiger partial charge in [-0.25, -0.2) is 4.79 Å². The Labute approximate surface area is 113 Å². The zero-order valence-corrected chi connectivity index (χ0v) is 11.2. The Balaban J connectivity index is 1.62. The highest BCUT2D eigenvalue weighted by atomic mass is 16.5. The molecule has 1 heterocycles. The smallest absolute Gasteiger partial charge is 0.331 e. The van der Waals surface area contributed by atoms with Gasteiger partial charge in [0, 0.05) is 18.5 Å². The average Bonchev–Trinajstić information content (AvgIpc) is 3.02. The molecule has 3 heteroatoms. The minimum absolute atomic E-state index is 0.160. The van der Waals surface area contributed by atoms with Gasteiger partial charge in [-0.2, -0.15) is 0 Å². The van der Waals surface area contributed by atoms with E-state index in [0.29, 0.717) is 5.92 Å². The molecular formula is C16H19NO2. The van der Waals surface area contributed by atoms with Crippen molar-refractivity contribution in [1.82, 2.24) is 4.98 Å². The fraction of sp³-hybridized carbons (Fsp3) is 0.500. The van der Waals surface area contributed by atoms with Crippen molar-refractivity contribution in [2.45, 2.75) is 38.7 Å². The summed E-state index contributed by atoms with van der Waals surface area (Å²) in [5, 5.41) is 0. The maximum Gasteiger partial charge on any atom is 0.331 e. The topological polar surface area (TPSA) is 39.2 Å². The van der Waals surface area contributed by atoms with Crippen LogP contribution in [-0.4, -0.2) is 17.1 Å². The Morgan fingerprint density at radius 3 is 2.74 bits per heavy atom. The van der Waals surface area contributed by atoms with E-state index in [4.69, 9.17) is 4.74 Å². The molecule has 0 N–H and O–H groups in total. The van der Waals surface area contributed by atoms with Gasteiger partial charge in [-0.05, 0) is 67.7 Å². The van der Waals surface area contributed by atoms with E-state index in [0.717, 1.165) is 23.5 Å². The lowest BCUT2D eigenvalue weighted by molar-refractivity contribution is -0.145. The highest BCUT2D eigenvalue weighted by Gasteiger charge is 2.41. The lowest BCUT2D eigenvalue weighted by atomic mass is 9.98. The quantitative estimate of drug-likeness (QED) is 0.616. The molecule has 3 unspecified atom stereocenters. The Bertz CT molecular complexity index is 495. The predicted molar refractivity (Wildman–Crippen MR) is 73.2 cm³/mol. The molecule has 2 aliphatic carbocycles. The molecule has 0 amide bonds. The van der Waals surface area contributed by atoms with Gasteiger partial charge in [-0.15, -0.1) is 0 Å². The number of nitrogens with zero attached hydrogens (tertiary/aromatic N) is 1. The largest absolute Gasteiger partial charge is 0.459 e. The molecule has 100 valence electrons. The first-order chi connectivity index (χ1) is 9.22. The minimum atomic E-state index is -0.202. The van der Waals surface area contributed by atoms with Crippen LogP contribution < -0.4 is 0 Å². The zero-order valence-electron chi connectivity index (χ0n) is 11.2. The van der Waals surface area contributed by atoms with Gasteiger partial charge in [-0.1, -0.05) is 0 Å². The second kappa shape index (κ2) is 5.16. The highest BCUT2D eigenvalue weighted by Crippen LogP contribution is 2.45. The second-order valence-electron chi connectivity index (χ2n) is 5.71. The summed E-state index contributed by atoms with van der Waals surface area (Å²) in [5.41, 5.74) is 1.94. The first-order valence-electron chi connectivity index (χ1n) is 7.01. The van der Waals surface area contributed by atoms with E-state index < -0.39 is 0 Å². The van der Waals surface area contributed by atoms with Crippen LogP contribution in [0.25, 0.3) is 5.57 Å². The van der Waals surface area contributed by atoms with Gasteiger partial charge >= 0.3 is 5.97 Å². The normalized spacial score (nSPS) is 29.5. The first-order valence-corrected chi connectivity index (χ1v) is 7.01. The molecule has 19 heavy (non-hydrogen) atoms. The predicted octanol–water partition coefficient (Wildman–Crippen LogP) is 3.22. The zero-order chi connectivity index (χ0) is 13.2. The second-order valence-corrected chi connectivity index (χ2v) is 5.71. The molecular weight excluding hydrogens is 238 g/mol. The molecule has 2 bridgehead atoms. The summed E-state index contributed by atoms with van der Waals surface area (Å²) < 4.78 is 5.61. The van der Waals surface area contributed by atoms with Crippen LogP contribution in [0, 0.1) is 11.8 Å². The first kappa shape index (κ1) is 12.4. The third kappa shape index (κ3) is 2.70. The van der Waals surface area contributed by atoms with Crippen molar-refractivity contribution in [2.75, 3.05) is 0 Å². The van der Waals surface area contributed by atoms with E-state index >= 15 is 0 Å². The number of carbonyl (C=O) groups excluding carboxylic acids is 1. The van der Waals surface area contributed by atoms with Crippen LogP contribution in [0.1, 0.15) is 38.2 Å². The molecule has 0 spiro atoms. The van der Waals surface area contributed by atoms with Crippen LogP contribution in [0.4, 0.5) is 0 Å². The molecule has 1 aromatic rings. The fourth-order valence-electron chi connectivity index (χ4n) is 3.39. The summed E-state index contributed by atoms with van der Waals surface area (Å²) in [6, 6.07) is 3.80. The van der Waals surface area contributed by atoms with Gasteiger partial charge in [0.2, 0.25) is 0 Å². The molecule has 2 aliphatic rings. The summed E-state index contributed by atoms with van der Waals surface area (Å²) >= 11 is 0. The Hall–Kier alpha value is -1.64. The molecule has 0 saturated heterocycles. The summed E-state index contributed by atoms with van der Waals surface area (Å²) in [4.78, 5) is 15.9. The maximum atomic E-state index is 11.9. The van der Waals surface area contributed by atoms with Crippen molar-refractivity contribution in [3.05, 3.63) is 36.2 Å². The molecule has 0 aliphatic heterocycles. The van der Waals surface area contributed by atoms with E-state index in [1.807, 2.05) is 19.1 Å². The number of esters is 1. The molecule has 0 radical (unpaired) electrons. The van der Waals surface area contributed by atoms with E-state index in [1.165, 1.54) is 19.3 Å². The number of carbonyl (C=O) groups is 1. The van der Waals surface area contributed by atoms with Crippen molar-refractivity contribution >= 4 is 11.5 Å². The fourth-order valence-corrected chi connectivity index (χ4v) is 3.39. The van der Waals surface area contributed by atoms with Crippen LogP contribution in [0.2, 0.25) is 0 Å². The monoisotopic (exact) mass is 257 g/mol. The van der Waals surface area contributed by atoms with Crippen molar-refractivity contribution < 1.29 is 9.53 Å². The van der Waals surface area contributed by atoms with Crippen LogP contribution in [0.3, 0.4) is 0 Å². The van der Waals surface area contributed by atoms with Crippen LogP contribution in [0.15, 0.2) is 30.6 Å². The van der Waals surface area contributed by atoms with E-state index in [-0.39, 0.29) is 12.1 Å². The van der Waals surface area contributed by atoms with E-state index in [9.17, 15) is 4.79 Å². The van der Waals surface area contributed by atoms with Crippen molar-refractivity contribution in [3.63, 3.8) is 0 Å². The number of pyridine rings is 1. The maximum absolute atomic E-state index is 11.9. The molecule has 3 atom stereocenters. The number of aromatic nitrogens is 1. The lowest BCUT2D eigenvalue weighted by Gasteiger charge is -2.21. The number of hydrogen-bond acceptors (Lipinski definition) is 3. The van der Waals surface area contributed by atoms with Gasteiger partial charge in [0.05, 0.1) is 0 Å². The van der Waals surface area contributed by atoms with Crippen LogP contribution in [0.5, 0.6) is 0 Å². The standard InChI is InChI=1S/C16H19NO2/c1-11(13-4-6-17-7-5-13)8-16(18)19-15-10-12-2-3-14(15)9-12/h4-8,12,14-15H,2-3,9-10H2,1H3/b11-8+. The van der Waals surface area contributed by atoms with Gasteiger partial charge in [0.25, 0.3) is 0 Å². The Kier molecular flexibility index (Phi) is 3.36. The third-order valence-electron chi connectivity index (χ3n) is 4.41. The number of rotatable bonds is 3. The summed E-state index contributed by atoms with van der Waals surface area (Å²) in [6.45, 7) is 1.93. The molecule has 2 fully saturated rings. The van der Waals surface area contributed by atoms with Gasteiger partial charge in [-0.3, -0.25) is 4.98 Å². The third-order valence-corrected chi connectivity index (χ3v) is 4.41. The van der Waals surface area contributed by atoms with E-state index in [2.05, 4.69) is 4.98 Å². The number of allylic oxidation sites excluding steroid dienone is 1. The Morgan fingerprint density at radius 2 is 2.11 bits per heavy atom. The molecule has 3 rings (SSSR count). The summed E-state index contributed by atoms with van der Waals surface area (Å²) in [6.07, 6.45) is 10.1. The number of hydrogen-bond donors (Lipinski definition) is 0. The van der Waals surface area contributed by atoms with Gasteiger partial charge in [0.1, 0.15) is 6.10 Å².